The second-order valence-corrected chi connectivity index (χ2v) is 6.26. The summed E-state index contributed by atoms with van der Waals surface area (Å²) in [7, 11) is -3.73. The Kier molecular flexibility index (Phi) is 6.80. The first-order chi connectivity index (χ1) is 9.94. The molecule has 1 rings (SSSR count). The summed E-state index contributed by atoms with van der Waals surface area (Å²) in [4.78, 5) is 11.4. The van der Waals surface area contributed by atoms with Gasteiger partial charge in [-0.2, -0.15) is 0 Å². The number of hydrogen-bond acceptors (Lipinski definition) is 5. The maximum Gasteiger partial charge on any atom is 0.328 e. The zero-order valence-corrected chi connectivity index (χ0v) is 12.8. The molecule has 4 N–H and O–H groups in total. The maximum atomic E-state index is 11.7. The summed E-state index contributed by atoms with van der Waals surface area (Å²) in [6, 6.07) is 6.07. The van der Waals surface area contributed by atoms with E-state index in [1.165, 1.54) is 0 Å². The SMILES string of the molecule is CCCCNC(=O)NS(=O)(=O)CCOc1ccccc1N. The van der Waals surface area contributed by atoms with Crippen LogP contribution < -0.4 is 20.5 Å². The highest BCUT2D eigenvalue weighted by Crippen LogP contribution is 2.19. The first kappa shape index (κ1) is 17.1. The number of nitrogens with two attached hydrogens (primary N) is 1. The molecule has 118 valence electrons. The monoisotopic (exact) mass is 315 g/mol. The van der Waals surface area contributed by atoms with Crippen LogP contribution in [0.15, 0.2) is 24.3 Å². The minimum Gasteiger partial charge on any atom is -0.490 e. The third-order valence-electron chi connectivity index (χ3n) is 2.59. The molecule has 0 fully saturated rings. The number of nitrogens with one attached hydrogen (secondary N) is 2. The number of rotatable bonds is 8. The lowest BCUT2D eigenvalue weighted by Crippen LogP contribution is -2.41. The van der Waals surface area contributed by atoms with E-state index >= 15 is 0 Å². The third kappa shape index (κ3) is 6.84. The van der Waals surface area contributed by atoms with Gasteiger partial charge in [-0.1, -0.05) is 25.5 Å². The molecular weight excluding hydrogens is 294 g/mol. The normalized spacial score (nSPS) is 10.9. The number of urea groups is 1. The summed E-state index contributed by atoms with van der Waals surface area (Å²) < 4.78 is 30.5. The molecule has 0 spiro atoms. The van der Waals surface area contributed by atoms with Gasteiger partial charge < -0.3 is 15.8 Å². The van der Waals surface area contributed by atoms with Gasteiger partial charge in [-0.3, -0.25) is 0 Å². The van der Waals surface area contributed by atoms with E-state index in [0.29, 0.717) is 18.0 Å². The minimum atomic E-state index is -3.73. The number of sulfonamides is 1. The molecule has 0 atom stereocenters. The fourth-order valence-corrected chi connectivity index (χ4v) is 2.24. The van der Waals surface area contributed by atoms with Crippen molar-refractivity contribution in [2.75, 3.05) is 24.6 Å². The predicted molar refractivity (Wildman–Crippen MR) is 81.6 cm³/mol. The number of amides is 2. The van der Waals surface area contributed by atoms with Gasteiger partial charge in [0.25, 0.3) is 0 Å². The number of carbonyl (C=O) groups excluding carboxylic acids is 1. The zero-order valence-electron chi connectivity index (χ0n) is 12.0. The van der Waals surface area contributed by atoms with Crippen molar-refractivity contribution < 1.29 is 17.9 Å². The van der Waals surface area contributed by atoms with Crippen molar-refractivity contribution in [2.45, 2.75) is 19.8 Å². The quantitative estimate of drug-likeness (QED) is 0.491. The lowest BCUT2D eigenvalue weighted by atomic mass is 10.3. The molecule has 7 nitrogen and oxygen atoms in total. The number of para-hydroxylation sites is 2. The van der Waals surface area contributed by atoms with Crippen molar-refractivity contribution in [1.82, 2.24) is 10.0 Å². The van der Waals surface area contributed by atoms with Gasteiger partial charge in [0.05, 0.1) is 5.69 Å². The van der Waals surface area contributed by atoms with Gasteiger partial charge in [-0.15, -0.1) is 0 Å². The molecule has 8 heteroatoms. The van der Waals surface area contributed by atoms with Crippen molar-refractivity contribution in [1.29, 1.82) is 0 Å². The van der Waals surface area contributed by atoms with Crippen molar-refractivity contribution in [3.05, 3.63) is 24.3 Å². The molecule has 0 heterocycles. The number of hydrogen-bond donors (Lipinski definition) is 3. The van der Waals surface area contributed by atoms with Gasteiger partial charge in [0.15, 0.2) is 0 Å². The average Bonchev–Trinajstić information content (AvgIpc) is 2.40. The van der Waals surface area contributed by atoms with E-state index in [1.54, 1.807) is 24.3 Å². The lowest BCUT2D eigenvalue weighted by molar-refractivity contribution is 0.245. The number of carbonyl (C=O) groups is 1. The molecule has 0 aromatic heterocycles. The average molecular weight is 315 g/mol. The Morgan fingerprint density at radius 1 is 1.33 bits per heavy atom. The summed E-state index contributed by atoms with van der Waals surface area (Å²) in [5.74, 6) is 0.0859. The van der Waals surface area contributed by atoms with E-state index in [-0.39, 0.29) is 12.4 Å². The third-order valence-corrected chi connectivity index (χ3v) is 3.79. The number of benzene rings is 1. The van der Waals surface area contributed by atoms with Crippen molar-refractivity contribution in [2.24, 2.45) is 0 Å². The summed E-state index contributed by atoms with van der Waals surface area (Å²) in [5.41, 5.74) is 6.10. The second kappa shape index (κ2) is 8.35. The van der Waals surface area contributed by atoms with Crippen LogP contribution in [0.5, 0.6) is 5.75 Å². The lowest BCUT2D eigenvalue weighted by Gasteiger charge is -2.10. The Morgan fingerprint density at radius 2 is 2.05 bits per heavy atom. The Hall–Kier alpha value is -1.96. The highest BCUT2D eigenvalue weighted by atomic mass is 32.2. The number of nitrogen functional groups attached to an aromatic ring is 1. The van der Waals surface area contributed by atoms with Crippen molar-refractivity contribution in [3.63, 3.8) is 0 Å². The van der Waals surface area contributed by atoms with E-state index < -0.39 is 16.1 Å². The molecule has 21 heavy (non-hydrogen) atoms. The van der Waals surface area contributed by atoms with Crippen LogP contribution in [0.25, 0.3) is 0 Å². The molecule has 0 saturated heterocycles. The van der Waals surface area contributed by atoms with Gasteiger partial charge in [-0.25, -0.2) is 17.9 Å². The maximum absolute atomic E-state index is 11.7. The molecule has 0 bridgehead atoms. The van der Waals surface area contributed by atoms with Crippen LogP contribution in [0, 0.1) is 0 Å². The Labute approximate surface area is 124 Å². The molecule has 0 unspecified atom stereocenters. The van der Waals surface area contributed by atoms with Crippen LogP contribution in [-0.4, -0.2) is 33.4 Å². The van der Waals surface area contributed by atoms with Crippen LogP contribution in [-0.2, 0) is 10.0 Å². The Bertz CT molecular complexity index is 560. The smallest absolute Gasteiger partial charge is 0.328 e. The zero-order chi connectivity index (χ0) is 15.7. The van der Waals surface area contributed by atoms with E-state index in [1.807, 2.05) is 11.6 Å². The van der Waals surface area contributed by atoms with E-state index in [9.17, 15) is 13.2 Å². The highest BCUT2D eigenvalue weighted by molar-refractivity contribution is 7.90. The molecule has 0 radical (unpaired) electrons. The number of anilines is 1. The summed E-state index contributed by atoms with van der Waals surface area (Å²) in [5, 5.41) is 2.47. The molecule has 1 aromatic rings. The molecular formula is C13H21N3O4S. The fraction of sp³-hybridized carbons (Fsp3) is 0.462. The van der Waals surface area contributed by atoms with Gasteiger partial charge >= 0.3 is 6.03 Å². The van der Waals surface area contributed by atoms with Crippen LogP contribution in [0.4, 0.5) is 10.5 Å². The Balaban J connectivity index is 2.36. The van der Waals surface area contributed by atoms with E-state index in [4.69, 9.17) is 10.5 Å². The van der Waals surface area contributed by atoms with Crippen LogP contribution >= 0.6 is 0 Å². The number of unbranched alkanes of at least 4 members (excludes halogenated alkanes) is 1. The topological polar surface area (TPSA) is 111 Å². The molecule has 1 aromatic carbocycles. The van der Waals surface area contributed by atoms with Crippen molar-refractivity contribution in [3.8, 4) is 5.75 Å². The molecule has 0 aliphatic carbocycles. The first-order valence-corrected chi connectivity index (χ1v) is 8.35. The number of ether oxygens (including phenoxy) is 1. The van der Waals surface area contributed by atoms with Crippen LogP contribution in [0.3, 0.4) is 0 Å². The summed E-state index contributed by atoms with van der Waals surface area (Å²) in [6.07, 6.45) is 1.71. The standard InChI is InChI=1S/C13H21N3O4S/c1-2-3-8-15-13(17)16-21(18,19)10-9-20-12-7-5-4-6-11(12)14/h4-7H,2-3,8-10,14H2,1H3,(H2,15,16,17). The predicted octanol–water partition coefficient (Wildman–Crippen LogP) is 1.08. The van der Waals surface area contributed by atoms with E-state index in [0.717, 1.165) is 12.8 Å². The van der Waals surface area contributed by atoms with Gasteiger partial charge in [0.1, 0.15) is 18.1 Å². The molecule has 0 aliphatic heterocycles. The van der Waals surface area contributed by atoms with Crippen LogP contribution in [0.1, 0.15) is 19.8 Å². The molecule has 0 saturated carbocycles. The first-order valence-electron chi connectivity index (χ1n) is 6.70. The molecule has 2 amide bonds. The van der Waals surface area contributed by atoms with E-state index in [2.05, 4.69) is 5.32 Å². The molecule has 0 aliphatic rings. The van der Waals surface area contributed by atoms with Crippen LogP contribution in [0.2, 0.25) is 0 Å². The fourth-order valence-electron chi connectivity index (χ4n) is 1.48. The second-order valence-electron chi connectivity index (χ2n) is 4.42. The minimum absolute atomic E-state index is 0.0915. The summed E-state index contributed by atoms with van der Waals surface area (Å²) in [6.45, 7) is 2.32. The Morgan fingerprint density at radius 3 is 2.71 bits per heavy atom. The van der Waals surface area contributed by atoms with Gasteiger partial charge in [0.2, 0.25) is 10.0 Å². The van der Waals surface area contributed by atoms with Gasteiger partial charge in [-0.05, 0) is 18.6 Å². The van der Waals surface area contributed by atoms with Gasteiger partial charge in [0, 0.05) is 6.54 Å². The summed E-state index contributed by atoms with van der Waals surface area (Å²) >= 11 is 0. The van der Waals surface area contributed by atoms with Crippen molar-refractivity contribution >= 4 is 21.7 Å². The largest absolute Gasteiger partial charge is 0.490 e. The highest BCUT2D eigenvalue weighted by Gasteiger charge is 2.14.